The van der Waals surface area contributed by atoms with Crippen molar-refractivity contribution >= 4 is 22.6 Å². The van der Waals surface area contributed by atoms with Crippen LogP contribution < -0.4 is 5.32 Å². The number of anilines is 1. The number of carbonyl (C=O) groups is 1. The van der Waals surface area contributed by atoms with Gasteiger partial charge in [-0.25, -0.2) is 9.37 Å². The summed E-state index contributed by atoms with van der Waals surface area (Å²) in [4.78, 5) is 20.0. The molecule has 0 spiro atoms. The van der Waals surface area contributed by atoms with Gasteiger partial charge in [-0.2, -0.15) is 0 Å². The zero-order valence-electron chi connectivity index (χ0n) is 14.8. The number of halogens is 1. The average molecular weight is 364 g/mol. The summed E-state index contributed by atoms with van der Waals surface area (Å²) in [7, 11) is 0. The number of H-pyrrole nitrogens is 1. The van der Waals surface area contributed by atoms with Crippen molar-refractivity contribution in [1.82, 2.24) is 24.7 Å². The van der Waals surface area contributed by atoms with Crippen molar-refractivity contribution in [2.24, 2.45) is 0 Å². The van der Waals surface area contributed by atoms with Gasteiger partial charge in [0.15, 0.2) is 5.82 Å². The highest BCUT2D eigenvalue weighted by atomic mass is 19.1. The number of nitrogens with one attached hydrogen (secondary N) is 2. The van der Waals surface area contributed by atoms with Gasteiger partial charge in [0.05, 0.1) is 5.56 Å². The first-order valence-corrected chi connectivity index (χ1v) is 8.48. The Morgan fingerprint density at radius 2 is 2.11 bits per heavy atom. The monoisotopic (exact) mass is 364 g/mol. The van der Waals surface area contributed by atoms with Gasteiger partial charge in [0.2, 0.25) is 0 Å². The second-order valence-electron chi connectivity index (χ2n) is 6.41. The third-order valence-corrected chi connectivity index (χ3v) is 4.24. The van der Waals surface area contributed by atoms with E-state index in [9.17, 15) is 9.18 Å². The molecular weight excluding hydrogens is 347 g/mol. The van der Waals surface area contributed by atoms with Gasteiger partial charge < -0.3 is 14.9 Å². The van der Waals surface area contributed by atoms with Crippen LogP contribution in [0.15, 0.2) is 48.9 Å². The molecule has 0 radical (unpaired) electrons. The average Bonchev–Trinajstić information content (AvgIpc) is 3.28. The standard InChI is InChI=1S/C19H17FN6O/c1-11(2)26-10-22-25-18(26)15-4-3-5-17(23-15)24-19(27)14-9-21-16-8-12(20)6-7-13(14)16/h3-11,21H,1-2H3,(H,23,24,27). The minimum atomic E-state index is -0.361. The molecule has 0 fully saturated rings. The van der Waals surface area contributed by atoms with E-state index in [0.717, 1.165) is 0 Å². The van der Waals surface area contributed by atoms with Crippen LogP contribution in [0.4, 0.5) is 10.2 Å². The summed E-state index contributed by atoms with van der Waals surface area (Å²) in [6.45, 7) is 4.05. The molecule has 1 amide bonds. The largest absolute Gasteiger partial charge is 0.360 e. The lowest BCUT2D eigenvalue weighted by Crippen LogP contribution is -2.13. The molecule has 0 saturated heterocycles. The van der Waals surface area contributed by atoms with Crippen molar-refractivity contribution in [3.63, 3.8) is 0 Å². The lowest BCUT2D eigenvalue weighted by Gasteiger charge is -2.10. The first-order chi connectivity index (χ1) is 13.0. The summed E-state index contributed by atoms with van der Waals surface area (Å²) < 4.78 is 15.2. The van der Waals surface area contributed by atoms with Crippen molar-refractivity contribution < 1.29 is 9.18 Å². The number of amides is 1. The number of fused-ring (bicyclic) bond motifs is 1. The summed E-state index contributed by atoms with van der Waals surface area (Å²) in [5.74, 6) is 0.332. The maximum atomic E-state index is 13.3. The molecule has 2 N–H and O–H groups in total. The Bertz CT molecular complexity index is 1130. The quantitative estimate of drug-likeness (QED) is 0.577. The van der Waals surface area contributed by atoms with E-state index in [1.807, 2.05) is 24.5 Å². The maximum Gasteiger partial charge on any atom is 0.258 e. The minimum absolute atomic E-state index is 0.182. The SMILES string of the molecule is CC(C)n1cnnc1-c1cccc(NC(=O)c2c[nH]c3cc(F)ccc23)n1. The van der Waals surface area contributed by atoms with Gasteiger partial charge >= 0.3 is 0 Å². The Labute approximate surface area is 154 Å². The van der Waals surface area contributed by atoms with Gasteiger partial charge in [-0.3, -0.25) is 4.79 Å². The third kappa shape index (κ3) is 3.17. The summed E-state index contributed by atoms with van der Waals surface area (Å²) in [5.41, 5.74) is 1.59. The highest BCUT2D eigenvalue weighted by molar-refractivity contribution is 6.12. The summed E-state index contributed by atoms with van der Waals surface area (Å²) in [5, 5.41) is 11.5. The highest BCUT2D eigenvalue weighted by Crippen LogP contribution is 2.22. The van der Waals surface area contributed by atoms with Crippen molar-refractivity contribution in [3.05, 3.63) is 60.3 Å². The Morgan fingerprint density at radius 3 is 2.93 bits per heavy atom. The molecule has 7 nitrogen and oxygen atoms in total. The second kappa shape index (κ2) is 6.64. The molecule has 8 heteroatoms. The first kappa shape index (κ1) is 16.9. The van der Waals surface area contributed by atoms with Crippen molar-refractivity contribution in [2.75, 3.05) is 5.32 Å². The van der Waals surface area contributed by atoms with Crippen LogP contribution in [0.3, 0.4) is 0 Å². The minimum Gasteiger partial charge on any atom is -0.360 e. The molecule has 0 atom stereocenters. The topological polar surface area (TPSA) is 88.5 Å². The number of benzene rings is 1. The van der Waals surface area contributed by atoms with E-state index in [-0.39, 0.29) is 17.8 Å². The molecule has 0 bridgehead atoms. The molecule has 0 aliphatic heterocycles. The first-order valence-electron chi connectivity index (χ1n) is 8.48. The van der Waals surface area contributed by atoms with E-state index in [1.54, 1.807) is 30.7 Å². The molecule has 4 rings (SSSR count). The zero-order valence-corrected chi connectivity index (χ0v) is 14.8. The molecule has 3 heterocycles. The van der Waals surface area contributed by atoms with E-state index in [2.05, 4.69) is 25.5 Å². The highest BCUT2D eigenvalue weighted by Gasteiger charge is 2.15. The number of aromatic amines is 1. The summed E-state index contributed by atoms with van der Waals surface area (Å²) >= 11 is 0. The smallest absolute Gasteiger partial charge is 0.258 e. The molecular formula is C19H17FN6O. The molecule has 27 heavy (non-hydrogen) atoms. The number of rotatable bonds is 4. The number of aromatic nitrogens is 5. The van der Waals surface area contributed by atoms with Crippen molar-refractivity contribution in [2.45, 2.75) is 19.9 Å². The molecule has 4 aromatic rings. The fourth-order valence-corrected chi connectivity index (χ4v) is 2.90. The van der Waals surface area contributed by atoms with Crippen LogP contribution in [0, 0.1) is 5.82 Å². The number of hydrogen-bond acceptors (Lipinski definition) is 4. The summed E-state index contributed by atoms with van der Waals surface area (Å²) in [6, 6.07) is 9.74. The van der Waals surface area contributed by atoms with Gasteiger partial charge in [-0.05, 0) is 44.2 Å². The van der Waals surface area contributed by atoms with Crippen LogP contribution in [-0.4, -0.2) is 30.6 Å². The van der Waals surface area contributed by atoms with Crippen molar-refractivity contribution in [3.8, 4) is 11.5 Å². The Hall–Kier alpha value is -3.55. The van der Waals surface area contributed by atoms with E-state index in [0.29, 0.717) is 33.8 Å². The van der Waals surface area contributed by atoms with E-state index < -0.39 is 0 Å². The molecule has 3 aromatic heterocycles. The lowest BCUT2D eigenvalue weighted by atomic mass is 10.1. The predicted molar refractivity (Wildman–Crippen MR) is 99.8 cm³/mol. The molecule has 0 aliphatic carbocycles. The van der Waals surface area contributed by atoms with Crippen molar-refractivity contribution in [1.29, 1.82) is 0 Å². The van der Waals surface area contributed by atoms with Crippen LogP contribution in [0.1, 0.15) is 30.2 Å². The summed E-state index contributed by atoms with van der Waals surface area (Å²) in [6.07, 6.45) is 3.21. The van der Waals surface area contributed by atoms with E-state index in [4.69, 9.17) is 0 Å². The van der Waals surface area contributed by atoms with Crippen LogP contribution in [0.25, 0.3) is 22.4 Å². The maximum absolute atomic E-state index is 13.3. The molecule has 0 aliphatic rings. The number of nitrogens with zero attached hydrogens (tertiary/aromatic N) is 4. The fourth-order valence-electron chi connectivity index (χ4n) is 2.90. The van der Waals surface area contributed by atoms with Crippen LogP contribution in [0.5, 0.6) is 0 Å². The Kier molecular flexibility index (Phi) is 4.15. The van der Waals surface area contributed by atoms with Crippen LogP contribution in [-0.2, 0) is 0 Å². The van der Waals surface area contributed by atoms with Crippen LogP contribution in [0.2, 0.25) is 0 Å². The number of hydrogen-bond donors (Lipinski definition) is 2. The molecule has 0 unspecified atom stereocenters. The third-order valence-electron chi connectivity index (χ3n) is 4.24. The van der Waals surface area contributed by atoms with E-state index in [1.165, 1.54) is 12.1 Å². The zero-order chi connectivity index (χ0) is 19.0. The lowest BCUT2D eigenvalue weighted by molar-refractivity contribution is 0.102. The molecule has 1 aromatic carbocycles. The predicted octanol–water partition coefficient (Wildman–Crippen LogP) is 3.79. The Balaban J connectivity index is 1.63. The normalized spacial score (nSPS) is 11.3. The molecule has 0 saturated carbocycles. The molecule has 136 valence electrons. The number of pyridine rings is 1. The van der Waals surface area contributed by atoms with Gasteiger partial charge in [0, 0.05) is 23.1 Å². The van der Waals surface area contributed by atoms with Gasteiger partial charge in [0.25, 0.3) is 5.91 Å². The van der Waals surface area contributed by atoms with Gasteiger partial charge in [0.1, 0.15) is 23.7 Å². The number of carbonyl (C=O) groups excluding carboxylic acids is 1. The Morgan fingerprint density at radius 1 is 1.26 bits per heavy atom. The van der Waals surface area contributed by atoms with Crippen LogP contribution >= 0.6 is 0 Å². The van der Waals surface area contributed by atoms with Gasteiger partial charge in [-0.15, -0.1) is 10.2 Å². The second-order valence-corrected chi connectivity index (χ2v) is 6.41. The van der Waals surface area contributed by atoms with Gasteiger partial charge in [-0.1, -0.05) is 6.07 Å². The van der Waals surface area contributed by atoms with E-state index >= 15 is 0 Å². The fraction of sp³-hybridized carbons (Fsp3) is 0.158.